The Labute approximate surface area is 163 Å². The summed E-state index contributed by atoms with van der Waals surface area (Å²) in [6.07, 6.45) is 4.41. The Hall–Kier alpha value is -3.07. The van der Waals surface area contributed by atoms with E-state index in [1.807, 2.05) is 36.5 Å². The summed E-state index contributed by atoms with van der Waals surface area (Å²) in [7, 11) is 0. The van der Waals surface area contributed by atoms with Crippen molar-refractivity contribution in [2.45, 2.75) is 12.5 Å². The van der Waals surface area contributed by atoms with Gasteiger partial charge < -0.3 is 10.1 Å². The van der Waals surface area contributed by atoms with Gasteiger partial charge in [-0.25, -0.2) is 4.39 Å². The van der Waals surface area contributed by atoms with Crippen molar-refractivity contribution in [2.75, 3.05) is 19.7 Å². The molecular formula is C23H20FN3O. The number of ether oxygens (including phenoxy) is 1. The van der Waals surface area contributed by atoms with Crippen LogP contribution < -0.4 is 5.32 Å². The third-order valence-electron chi connectivity index (χ3n) is 4.95. The Morgan fingerprint density at radius 1 is 1.18 bits per heavy atom. The lowest BCUT2D eigenvalue weighted by Gasteiger charge is -2.25. The van der Waals surface area contributed by atoms with Gasteiger partial charge in [0.25, 0.3) is 0 Å². The quantitative estimate of drug-likeness (QED) is 0.752. The first kappa shape index (κ1) is 18.3. The van der Waals surface area contributed by atoms with Crippen LogP contribution in [0.4, 0.5) is 4.39 Å². The summed E-state index contributed by atoms with van der Waals surface area (Å²) < 4.78 is 20.2. The number of hydrogen-bond donors (Lipinski definition) is 1. The van der Waals surface area contributed by atoms with E-state index in [-0.39, 0.29) is 11.7 Å². The second-order valence-corrected chi connectivity index (χ2v) is 6.79. The fourth-order valence-electron chi connectivity index (χ4n) is 3.63. The van der Waals surface area contributed by atoms with Crippen molar-refractivity contribution in [3.05, 3.63) is 77.9 Å². The molecule has 4 rings (SSSR count). The molecule has 2 aromatic carbocycles. The normalized spacial score (nSPS) is 16.5. The monoisotopic (exact) mass is 373 g/mol. The highest BCUT2D eigenvalue weighted by atomic mass is 19.1. The Bertz CT molecular complexity index is 1010. The van der Waals surface area contributed by atoms with Crippen molar-refractivity contribution in [1.29, 1.82) is 5.26 Å². The van der Waals surface area contributed by atoms with Crippen LogP contribution in [0.1, 0.15) is 11.1 Å². The first-order valence-corrected chi connectivity index (χ1v) is 9.31. The topological polar surface area (TPSA) is 57.9 Å². The molecule has 0 saturated carbocycles. The smallest absolute Gasteiger partial charge is 0.141 e. The fraction of sp³-hybridized carbons (Fsp3) is 0.217. The van der Waals surface area contributed by atoms with Crippen molar-refractivity contribution in [1.82, 2.24) is 10.3 Å². The number of benzene rings is 2. The van der Waals surface area contributed by atoms with Gasteiger partial charge in [-0.3, -0.25) is 4.98 Å². The lowest BCUT2D eigenvalue weighted by atomic mass is 9.88. The van der Waals surface area contributed by atoms with Gasteiger partial charge in [0, 0.05) is 37.5 Å². The molecule has 28 heavy (non-hydrogen) atoms. The molecule has 1 atom stereocenters. The molecule has 0 spiro atoms. The molecule has 1 fully saturated rings. The van der Waals surface area contributed by atoms with Gasteiger partial charge in [-0.15, -0.1) is 0 Å². The molecule has 4 nitrogen and oxygen atoms in total. The van der Waals surface area contributed by atoms with Crippen molar-refractivity contribution in [3.8, 4) is 28.3 Å². The summed E-state index contributed by atoms with van der Waals surface area (Å²) in [5.41, 5.74) is 4.82. The van der Waals surface area contributed by atoms with E-state index in [0.29, 0.717) is 6.61 Å². The number of aromatic nitrogens is 1. The van der Waals surface area contributed by atoms with Crippen LogP contribution >= 0.6 is 0 Å². The molecule has 0 radical (unpaired) electrons. The maximum Gasteiger partial charge on any atom is 0.141 e. The lowest BCUT2D eigenvalue weighted by Crippen LogP contribution is -2.39. The Kier molecular flexibility index (Phi) is 5.43. The third-order valence-corrected chi connectivity index (χ3v) is 4.95. The van der Waals surface area contributed by atoms with Crippen molar-refractivity contribution in [3.63, 3.8) is 0 Å². The number of rotatable bonds is 4. The second-order valence-electron chi connectivity index (χ2n) is 6.79. The first-order chi connectivity index (χ1) is 13.8. The number of hydrogen-bond acceptors (Lipinski definition) is 4. The summed E-state index contributed by atoms with van der Waals surface area (Å²) in [6.45, 7) is 2.38. The van der Waals surface area contributed by atoms with Crippen LogP contribution in [0.25, 0.3) is 22.3 Å². The van der Waals surface area contributed by atoms with E-state index >= 15 is 0 Å². The molecule has 1 unspecified atom stereocenters. The standard InChI is InChI=1S/C23H20FN3O/c24-22-12-16(6-7-18(22)13-25)21-5-1-3-17(11-20-15-27-9-10-28-20)23(21)19-4-2-8-26-14-19/h1-8,12,14,20,27H,9-11,15H2. The van der Waals surface area contributed by atoms with E-state index in [0.717, 1.165) is 47.3 Å². The molecule has 3 aromatic rings. The first-order valence-electron chi connectivity index (χ1n) is 9.31. The zero-order valence-electron chi connectivity index (χ0n) is 15.4. The van der Waals surface area contributed by atoms with Crippen LogP contribution in [-0.2, 0) is 11.2 Å². The number of nitrogens with zero attached hydrogens (tertiary/aromatic N) is 2. The average Bonchev–Trinajstić information content (AvgIpc) is 2.75. The lowest BCUT2D eigenvalue weighted by molar-refractivity contribution is 0.0293. The van der Waals surface area contributed by atoms with Crippen molar-refractivity contribution in [2.24, 2.45) is 0 Å². The van der Waals surface area contributed by atoms with Crippen LogP contribution in [0.2, 0.25) is 0 Å². The molecule has 1 aliphatic heterocycles. The molecule has 1 aliphatic rings. The summed E-state index contributed by atoms with van der Waals surface area (Å²) in [4.78, 5) is 4.27. The molecule has 0 amide bonds. The maximum absolute atomic E-state index is 14.3. The zero-order valence-corrected chi connectivity index (χ0v) is 15.4. The summed E-state index contributed by atoms with van der Waals surface area (Å²) in [5.74, 6) is -0.512. The predicted octanol–water partition coefficient (Wildman–Crippen LogP) is 3.96. The van der Waals surface area contributed by atoms with Crippen LogP contribution in [0.15, 0.2) is 60.9 Å². The molecule has 1 aromatic heterocycles. The molecule has 5 heteroatoms. The van der Waals surface area contributed by atoms with Crippen LogP contribution in [0, 0.1) is 17.1 Å². The number of halogens is 1. The molecule has 1 saturated heterocycles. The minimum Gasteiger partial charge on any atom is -0.375 e. The molecule has 2 heterocycles. The van der Waals surface area contributed by atoms with Crippen LogP contribution in [0.3, 0.4) is 0 Å². The van der Waals surface area contributed by atoms with Crippen molar-refractivity contribution >= 4 is 0 Å². The fourth-order valence-corrected chi connectivity index (χ4v) is 3.63. The van der Waals surface area contributed by atoms with E-state index in [1.165, 1.54) is 12.1 Å². The van der Waals surface area contributed by atoms with E-state index in [4.69, 9.17) is 10.00 Å². The van der Waals surface area contributed by atoms with Gasteiger partial charge in [-0.2, -0.15) is 5.26 Å². The number of nitrogens with one attached hydrogen (secondary N) is 1. The van der Waals surface area contributed by atoms with Gasteiger partial charge in [0.15, 0.2) is 0 Å². The highest BCUT2D eigenvalue weighted by molar-refractivity contribution is 5.85. The highest BCUT2D eigenvalue weighted by Gasteiger charge is 2.19. The minimum absolute atomic E-state index is 0.0458. The van der Waals surface area contributed by atoms with Crippen molar-refractivity contribution < 1.29 is 9.13 Å². The van der Waals surface area contributed by atoms with E-state index < -0.39 is 5.82 Å². The Balaban J connectivity index is 1.83. The van der Waals surface area contributed by atoms with Crippen LogP contribution in [0.5, 0.6) is 0 Å². The van der Waals surface area contributed by atoms with Gasteiger partial charge in [0.2, 0.25) is 0 Å². The zero-order chi connectivity index (χ0) is 19.3. The van der Waals surface area contributed by atoms with Gasteiger partial charge in [-0.1, -0.05) is 30.3 Å². The third kappa shape index (κ3) is 3.79. The predicted molar refractivity (Wildman–Crippen MR) is 106 cm³/mol. The number of pyridine rings is 1. The van der Waals surface area contributed by atoms with Gasteiger partial charge >= 0.3 is 0 Å². The minimum atomic E-state index is -0.512. The van der Waals surface area contributed by atoms with Crippen LogP contribution in [-0.4, -0.2) is 30.8 Å². The second kappa shape index (κ2) is 8.30. The summed E-state index contributed by atoms with van der Waals surface area (Å²) >= 11 is 0. The van der Waals surface area contributed by atoms with Gasteiger partial charge in [0.1, 0.15) is 11.9 Å². The SMILES string of the molecule is N#Cc1ccc(-c2cccc(CC3CNCCO3)c2-c2cccnc2)cc1F. The maximum atomic E-state index is 14.3. The molecular weight excluding hydrogens is 353 g/mol. The summed E-state index contributed by atoms with van der Waals surface area (Å²) in [5, 5.41) is 12.4. The average molecular weight is 373 g/mol. The number of nitriles is 1. The number of morpholine rings is 1. The Morgan fingerprint density at radius 2 is 2.11 bits per heavy atom. The molecule has 0 aliphatic carbocycles. The van der Waals surface area contributed by atoms with Gasteiger partial charge in [-0.05, 0) is 40.5 Å². The molecule has 1 N–H and O–H groups in total. The Morgan fingerprint density at radius 3 is 2.82 bits per heavy atom. The summed E-state index contributed by atoms with van der Waals surface area (Å²) in [6, 6.07) is 16.6. The largest absolute Gasteiger partial charge is 0.375 e. The molecule has 140 valence electrons. The van der Waals surface area contributed by atoms with Gasteiger partial charge in [0.05, 0.1) is 18.3 Å². The van der Waals surface area contributed by atoms with E-state index in [2.05, 4.69) is 16.4 Å². The van der Waals surface area contributed by atoms with E-state index in [9.17, 15) is 4.39 Å². The molecule has 0 bridgehead atoms. The van der Waals surface area contributed by atoms with E-state index in [1.54, 1.807) is 12.3 Å². The highest BCUT2D eigenvalue weighted by Crippen LogP contribution is 2.36.